The summed E-state index contributed by atoms with van der Waals surface area (Å²) in [5.74, 6) is 3.20. The first-order valence-corrected chi connectivity index (χ1v) is 7.70. The van der Waals surface area contributed by atoms with Gasteiger partial charge in [-0.25, -0.2) is 0 Å². The zero-order valence-electron chi connectivity index (χ0n) is 11.5. The summed E-state index contributed by atoms with van der Waals surface area (Å²) in [6, 6.07) is 0. The lowest BCUT2D eigenvalue weighted by Gasteiger charge is -2.42. The molecule has 0 amide bonds. The van der Waals surface area contributed by atoms with Crippen molar-refractivity contribution in [2.24, 2.45) is 28.7 Å². The Kier molecular flexibility index (Phi) is 3.71. The maximum Gasteiger partial charge on any atom is 0.0956 e. The minimum atomic E-state index is 0.239. The van der Waals surface area contributed by atoms with Crippen LogP contribution in [0.5, 0.6) is 0 Å². The summed E-state index contributed by atoms with van der Waals surface area (Å²) in [6.07, 6.45) is 6.51. The monoisotopic (exact) mass is 250 g/mol. The van der Waals surface area contributed by atoms with Crippen LogP contribution in [0.1, 0.15) is 39.0 Å². The zero-order valence-corrected chi connectivity index (χ0v) is 11.5. The lowest BCUT2D eigenvalue weighted by molar-refractivity contribution is 0.120. The fraction of sp³-hybridized carbons (Fsp3) is 0.933. The number of aliphatic imine (C=N–C) groups is 1. The van der Waals surface area contributed by atoms with Crippen LogP contribution in [-0.2, 0) is 0 Å². The molecule has 3 nitrogen and oxygen atoms in total. The van der Waals surface area contributed by atoms with Gasteiger partial charge < -0.3 is 5.11 Å². The minimum absolute atomic E-state index is 0.239. The van der Waals surface area contributed by atoms with E-state index in [4.69, 9.17) is 4.99 Å². The van der Waals surface area contributed by atoms with Crippen molar-refractivity contribution in [3.63, 3.8) is 0 Å². The van der Waals surface area contributed by atoms with Gasteiger partial charge in [0.2, 0.25) is 0 Å². The first kappa shape index (κ1) is 12.6. The maximum absolute atomic E-state index is 9.38. The van der Waals surface area contributed by atoms with E-state index in [9.17, 15) is 5.11 Å². The van der Waals surface area contributed by atoms with Gasteiger partial charge in [0.15, 0.2) is 0 Å². The van der Waals surface area contributed by atoms with Gasteiger partial charge in [-0.1, -0.05) is 13.3 Å². The number of hydrogen-bond acceptors (Lipinski definition) is 3. The summed E-state index contributed by atoms with van der Waals surface area (Å²) in [5.41, 5.74) is 1.53. The predicted molar refractivity (Wildman–Crippen MR) is 73.7 cm³/mol. The Labute approximate surface area is 110 Å². The number of aliphatic hydroxyl groups is 1. The zero-order chi connectivity index (χ0) is 12.5. The normalized spacial score (nSPS) is 40.2. The highest BCUT2D eigenvalue weighted by molar-refractivity contribution is 5.88. The highest BCUT2D eigenvalue weighted by atomic mass is 16.3. The summed E-state index contributed by atoms with van der Waals surface area (Å²) >= 11 is 0. The molecule has 2 unspecified atom stereocenters. The van der Waals surface area contributed by atoms with E-state index in [0.29, 0.717) is 0 Å². The lowest BCUT2D eigenvalue weighted by atomic mass is 9.63. The molecule has 0 aromatic rings. The first-order chi connectivity index (χ1) is 8.83. The van der Waals surface area contributed by atoms with Gasteiger partial charge in [0.1, 0.15) is 0 Å². The SMILES string of the molecule is CCCC1C2CCCN=C2C[C@@H]2CN(CO)C[C@@H]12. The van der Waals surface area contributed by atoms with Crippen LogP contribution >= 0.6 is 0 Å². The molecule has 0 spiro atoms. The molecule has 2 fully saturated rings. The first-order valence-electron chi connectivity index (χ1n) is 7.70. The van der Waals surface area contributed by atoms with Gasteiger partial charge in [0.25, 0.3) is 0 Å². The van der Waals surface area contributed by atoms with Crippen molar-refractivity contribution >= 4 is 5.71 Å². The number of aliphatic hydroxyl groups excluding tert-OH is 1. The van der Waals surface area contributed by atoms with E-state index >= 15 is 0 Å². The second kappa shape index (κ2) is 5.30. The molecule has 3 heteroatoms. The molecule has 3 aliphatic rings. The van der Waals surface area contributed by atoms with Crippen molar-refractivity contribution in [1.82, 2.24) is 4.90 Å². The molecule has 0 aromatic heterocycles. The second-order valence-electron chi connectivity index (χ2n) is 6.38. The second-order valence-corrected chi connectivity index (χ2v) is 6.38. The van der Waals surface area contributed by atoms with Gasteiger partial charge in [0.05, 0.1) is 6.73 Å². The van der Waals surface area contributed by atoms with E-state index in [0.717, 1.165) is 43.3 Å². The van der Waals surface area contributed by atoms with Crippen LogP contribution in [0.25, 0.3) is 0 Å². The molecule has 18 heavy (non-hydrogen) atoms. The highest BCUT2D eigenvalue weighted by Crippen LogP contribution is 2.46. The van der Waals surface area contributed by atoms with Crippen molar-refractivity contribution < 1.29 is 5.11 Å². The van der Waals surface area contributed by atoms with Crippen LogP contribution in [0.15, 0.2) is 4.99 Å². The molecule has 102 valence electrons. The largest absolute Gasteiger partial charge is 0.381 e. The van der Waals surface area contributed by atoms with Crippen LogP contribution in [-0.4, -0.2) is 42.1 Å². The van der Waals surface area contributed by atoms with E-state index < -0.39 is 0 Å². The van der Waals surface area contributed by atoms with Crippen molar-refractivity contribution in [2.45, 2.75) is 39.0 Å². The minimum Gasteiger partial charge on any atom is -0.381 e. The highest BCUT2D eigenvalue weighted by Gasteiger charge is 2.46. The van der Waals surface area contributed by atoms with E-state index in [1.165, 1.54) is 37.8 Å². The topological polar surface area (TPSA) is 35.8 Å². The van der Waals surface area contributed by atoms with Gasteiger partial charge in [-0.15, -0.1) is 0 Å². The lowest BCUT2D eigenvalue weighted by Crippen LogP contribution is -2.41. The average Bonchev–Trinajstić information content (AvgIpc) is 2.81. The third-order valence-corrected chi connectivity index (χ3v) is 5.34. The fourth-order valence-corrected chi connectivity index (χ4v) is 4.62. The Balaban J connectivity index is 1.82. The van der Waals surface area contributed by atoms with Gasteiger partial charge in [-0.3, -0.25) is 9.89 Å². The van der Waals surface area contributed by atoms with Gasteiger partial charge in [-0.05, 0) is 43.4 Å². The van der Waals surface area contributed by atoms with Crippen LogP contribution in [0.4, 0.5) is 0 Å². The van der Waals surface area contributed by atoms with Gasteiger partial charge in [-0.2, -0.15) is 0 Å². The molecular formula is C15H26N2O. The third kappa shape index (κ3) is 2.12. The van der Waals surface area contributed by atoms with Gasteiger partial charge in [0, 0.05) is 31.3 Å². The smallest absolute Gasteiger partial charge is 0.0956 e. The summed E-state index contributed by atoms with van der Waals surface area (Å²) in [5, 5.41) is 9.38. The van der Waals surface area contributed by atoms with E-state index in [1.54, 1.807) is 0 Å². The van der Waals surface area contributed by atoms with Crippen LogP contribution in [0.3, 0.4) is 0 Å². The number of nitrogens with zero attached hydrogens (tertiary/aromatic N) is 2. The molecule has 0 radical (unpaired) electrons. The predicted octanol–water partition coefficient (Wildman–Crippen LogP) is 2.16. The van der Waals surface area contributed by atoms with Crippen molar-refractivity contribution in [3.05, 3.63) is 0 Å². The Bertz CT molecular complexity index is 328. The van der Waals surface area contributed by atoms with E-state index in [1.807, 2.05) is 0 Å². The van der Waals surface area contributed by atoms with Gasteiger partial charge >= 0.3 is 0 Å². The van der Waals surface area contributed by atoms with Crippen LogP contribution in [0.2, 0.25) is 0 Å². The summed E-state index contributed by atoms with van der Waals surface area (Å²) in [4.78, 5) is 7.06. The van der Waals surface area contributed by atoms with E-state index in [2.05, 4.69) is 11.8 Å². The number of rotatable bonds is 3. The molecular weight excluding hydrogens is 224 g/mol. The average molecular weight is 250 g/mol. The Morgan fingerprint density at radius 3 is 3.06 bits per heavy atom. The number of likely N-dealkylation sites (tertiary alicyclic amines) is 1. The summed E-state index contributed by atoms with van der Waals surface area (Å²) in [6.45, 7) is 5.82. The number of fused-ring (bicyclic) bond motifs is 2. The molecule has 2 heterocycles. The van der Waals surface area contributed by atoms with Crippen molar-refractivity contribution in [2.75, 3.05) is 26.4 Å². The van der Waals surface area contributed by atoms with Crippen molar-refractivity contribution in [3.8, 4) is 0 Å². The molecule has 3 rings (SSSR count). The third-order valence-electron chi connectivity index (χ3n) is 5.34. The molecule has 2 aliphatic heterocycles. The van der Waals surface area contributed by atoms with Crippen LogP contribution in [0, 0.1) is 23.7 Å². The molecule has 1 aliphatic carbocycles. The number of hydrogen-bond donors (Lipinski definition) is 1. The molecule has 0 bridgehead atoms. The molecule has 1 N–H and O–H groups in total. The molecule has 1 saturated carbocycles. The summed E-state index contributed by atoms with van der Waals surface area (Å²) in [7, 11) is 0. The Morgan fingerprint density at radius 2 is 2.28 bits per heavy atom. The fourth-order valence-electron chi connectivity index (χ4n) is 4.62. The Morgan fingerprint density at radius 1 is 1.39 bits per heavy atom. The quantitative estimate of drug-likeness (QED) is 0.833. The van der Waals surface area contributed by atoms with Crippen LogP contribution < -0.4 is 0 Å². The maximum atomic E-state index is 9.38. The Hall–Kier alpha value is -0.410. The molecule has 4 atom stereocenters. The van der Waals surface area contributed by atoms with Crippen molar-refractivity contribution in [1.29, 1.82) is 0 Å². The van der Waals surface area contributed by atoms with E-state index in [-0.39, 0.29) is 6.73 Å². The summed E-state index contributed by atoms with van der Waals surface area (Å²) < 4.78 is 0. The standard InChI is InChI=1S/C15H26N2O/c1-2-4-12-13-5-3-6-16-15(13)7-11-8-17(10-18)9-14(11)12/h11-14,18H,2-10H2,1H3/t11-,12?,13?,14-/m1/s1. The molecule has 1 saturated heterocycles. The molecule has 0 aromatic carbocycles.